The van der Waals surface area contributed by atoms with Crippen LogP contribution in [0.1, 0.15) is 31.7 Å². The van der Waals surface area contributed by atoms with Crippen molar-refractivity contribution in [1.29, 1.82) is 0 Å². The van der Waals surface area contributed by atoms with Gasteiger partial charge < -0.3 is 10.6 Å². The Kier molecular flexibility index (Phi) is 5.67. The Labute approximate surface area is 136 Å². The highest BCUT2D eigenvalue weighted by Crippen LogP contribution is 2.10. The van der Waals surface area contributed by atoms with Gasteiger partial charge in [-0.3, -0.25) is 4.79 Å². The van der Waals surface area contributed by atoms with E-state index in [1.807, 2.05) is 45.9 Å². The van der Waals surface area contributed by atoms with Gasteiger partial charge in [-0.2, -0.15) is 5.10 Å². The molecule has 0 fully saturated rings. The summed E-state index contributed by atoms with van der Waals surface area (Å²) in [6, 6.07) is 5.72. The number of aromatic nitrogens is 4. The third-order valence-electron chi connectivity index (χ3n) is 3.22. The molecule has 0 aromatic carbocycles. The van der Waals surface area contributed by atoms with Gasteiger partial charge in [0.25, 0.3) is 0 Å². The fraction of sp³-hybridized carbons (Fsp3) is 0.500. The second kappa shape index (κ2) is 7.71. The topological polar surface area (TPSA) is 84.7 Å². The van der Waals surface area contributed by atoms with Crippen LogP contribution in [0.25, 0.3) is 5.82 Å². The van der Waals surface area contributed by atoms with Gasteiger partial charge in [-0.05, 0) is 38.0 Å². The molecule has 2 aromatic rings. The number of nitrogens with one attached hydrogen (secondary N) is 2. The van der Waals surface area contributed by atoms with Gasteiger partial charge in [0.15, 0.2) is 5.82 Å². The predicted molar refractivity (Wildman–Crippen MR) is 89.6 cm³/mol. The molecule has 7 heteroatoms. The summed E-state index contributed by atoms with van der Waals surface area (Å²) in [5, 5.41) is 18.7. The maximum atomic E-state index is 11.5. The van der Waals surface area contributed by atoms with Crippen molar-refractivity contribution in [3.63, 3.8) is 0 Å². The van der Waals surface area contributed by atoms with Crippen LogP contribution in [0, 0.1) is 19.8 Å². The largest absolute Gasteiger partial charge is 0.367 e. The van der Waals surface area contributed by atoms with Gasteiger partial charge in [-0.15, -0.1) is 10.2 Å². The molecule has 0 saturated carbocycles. The highest BCUT2D eigenvalue weighted by Gasteiger charge is 2.06. The lowest BCUT2D eigenvalue weighted by Gasteiger charge is -2.09. The van der Waals surface area contributed by atoms with Gasteiger partial charge in [-0.25, -0.2) is 4.68 Å². The van der Waals surface area contributed by atoms with E-state index < -0.39 is 0 Å². The summed E-state index contributed by atoms with van der Waals surface area (Å²) in [7, 11) is 0. The second-order valence-corrected chi connectivity index (χ2v) is 5.99. The number of anilines is 1. The number of amides is 1. The normalized spacial score (nSPS) is 10.8. The molecule has 0 aliphatic carbocycles. The molecule has 7 nitrogen and oxygen atoms in total. The average Bonchev–Trinajstić information content (AvgIpc) is 2.82. The van der Waals surface area contributed by atoms with Crippen molar-refractivity contribution in [3.05, 3.63) is 29.6 Å². The maximum absolute atomic E-state index is 11.5. The number of carbonyl (C=O) groups is 1. The van der Waals surface area contributed by atoms with Crippen molar-refractivity contribution in [2.75, 3.05) is 18.4 Å². The van der Waals surface area contributed by atoms with Crippen LogP contribution in [0.5, 0.6) is 0 Å². The van der Waals surface area contributed by atoms with Crippen LogP contribution >= 0.6 is 0 Å². The maximum Gasteiger partial charge on any atom is 0.220 e. The van der Waals surface area contributed by atoms with E-state index in [0.29, 0.717) is 37.1 Å². The lowest BCUT2D eigenvalue weighted by atomic mass is 10.1. The van der Waals surface area contributed by atoms with Crippen molar-refractivity contribution < 1.29 is 4.79 Å². The quantitative estimate of drug-likeness (QED) is 0.762. The van der Waals surface area contributed by atoms with Crippen LogP contribution < -0.4 is 10.6 Å². The van der Waals surface area contributed by atoms with E-state index in [1.165, 1.54) is 0 Å². The molecule has 124 valence electrons. The molecule has 0 saturated heterocycles. The lowest BCUT2D eigenvalue weighted by Crippen LogP contribution is -2.29. The SMILES string of the molecule is Cc1cc(C)n(-c2ccc(NCCNC(=O)CC(C)C)nn2)n1. The molecule has 0 bridgehead atoms. The number of rotatable bonds is 7. The summed E-state index contributed by atoms with van der Waals surface area (Å²) in [6.07, 6.45) is 0.553. The van der Waals surface area contributed by atoms with Crippen molar-refractivity contribution in [2.24, 2.45) is 5.92 Å². The molecule has 2 heterocycles. The first kappa shape index (κ1) is 16.9. The second-order valence-electron chi connectivity index (χ2n) is 5.99. The Balaban J connectivity index is 1.82. The highest BCUT2D eigenvalue weighted by molar-refractivity contribution is 5.76. The molecule has 0 spiro atoms. The van der Waals surface area contributed by atoms with E-state index in [9.17, 15) is 4.79 Å². The lowest BCUT2D eigenvalue weighted by molar-refractivity contribution is -0.121. The summed E-state index contributed by atoms with van der Waals surface area (Å²) < 4.78 is 1.76. The molecule has 2 N–H and O–H groups in total. The molecular formula is C16H24N6O. The minimum absolute atomic E-state index is 0.0766. The van der Waals surface area contributed by atoms with Crippen molar-refractivity contribution in [3.8, 4) is 5.82 Å². The van der Waals surface area contributed by atoms with Crippen LogP contribution in [0.2, 0.25) is 0 Å². The van der Waals surface area contributed by atoms with Gasteiger partial charge in [-0.1, -0.05) is 13.8 Å². The summed E-state index contributed by atoms with van der Waals surface area (Å²) in [5.74, 6) is 1.81. The smallest absolute Gasteiger partial charge is 0.220 e. The molecule has 0 atom stereocenters. The first-order valence-corrected chi connectivity index (χ1v) is 7.83. The van der Waals surface area contributed by atoms with Gasteiger partial charge in [0.1, 0.15) is 5.82 Å². The Hall–Kier alpha value is -2.44. The Morgan fingerprint density at radius 1 is 1.22 bits per heavy atom. The standard InChI is InChI=1S/C16H24N6O/c1-11(2)9-16(23)18-8-7-17-14-5-6-15(20-19-14)22-13(4)10-12(3)21-22/h5-6,10-11H,7-9H2,1-4H3,(H,17,19)(H,18,23). The average molecular weight is 316 g/mol. The zero-order valence-electron chi connectivity index (χ0n) is 14.1. The fourth-order valence-electron chi connectivity index (χ4n) is 2.23. The first-order chi connectivity index (χ1) is 11.0. The zero-order valence-corrected chi connectivity index (χ0v) is 14.1. The van der Waals surface area contributed by atoms with Crippen molar-refractivity contribution in [1.82, 2.24) is 25.3 Å². The van der Waals surface area contributed by atoms with Crippen molar-refractivity contribution in [2.45, 2.75) is 34.1 Å². The van der Waals surface area contributed by atoms with Gasteiger partial charge in [0.05, 0.1) is 5.69 Å². The number of carbonyl (C=O) groups excluding carboxylic acids is 1. The van der Waals surface area contributed by atoms with E-state index >= 15 is 0 Å². The summed E-state index contributed by atoms with van der Waals surface area (Å²) >= 11 is 0. The van der Waals surface area contributed by atoms with Crippen LogP contribution in [0.4, 0.5) is 5.82 Å². The molecule has 2 aromatic heterocycles. The minimum atomic E-state index is 0.0766. The van der Waals surface area contributed by atoms with Crippen LogP contribution in [0.3, 0.4) is 0 Å². The van der Waals surface area contributed by atoms with E-state index in [2.05, 4.69) is 25.9 Å². The number of nitrogens with zero attached hydrogens (tertiary/aromatic N) is 4. The van der Waals surface area contributed by atoms with Crippen LogP contribution in [-0.4, -0.2) is 39.0 Å². The van der Waals surface area contributed by atoms with E-state index in [0.717, 1.165) is 11.4 Å². The summed E-state index contributed by atoms with van der Waals surface area (Å²) in [5.41, 5.74) is 1.97. The van der Waals surface area contributed by atoms with Crippen LogP contribution in [-0.2, 0) is 4.79 Å². The Bertz CT molecular complexity index is 647. The molecule has 23 heavy (non-hydrogen) atoms. The van der Waals surface area contributed by atoms with Gasteiger partial charge >= 0.3 is 0 Å². The molecule has 0 aliphatic heterocycles. The summed E-state index contributed by atoms with van der Waals surface area (Å²) in [4.78, 5) is 11.5. The van der Waals surface area contributed by atoms with Gasteiger partial charge in [0, 0.05) is 25.2 Å². The monoisotopic (exact) mass is 316 g/mol. The third kappa shape index (κ3) is 5.05. The van der Waals surface area contributed by atoms with Gasteiger partial charge in [0.2, 0.25) is 5.91 Å². The highest BCUT2D eigenvalue weighted by atomic mass is 16.1. The first-order valence-electron chi connectivity index (χ1n) is 7.83. The number of aryl methyl sites for hydroxylation is 2. The van der Waals surface area contributed by atoms with Crippen molar-refractivity contribution >= 4 is 11.7 Å². The third-order valence-corrected chi connectivity index (χ3v) is 3.22. The van der Waals surface area contributed by atoms with Crippen LogP contribution in [0.15, 0.2) is 18.2 Å². The zero-order chi connectivity index (χ0) is 16.8. The molecule has 0 aliphatic rings. The van der Waals surface area contributed by atoms with E-state index in [-0.39, 0.29) is 5.91 Å². The molecule has 0 radical (unpaired) electrons. The molecular weight excluding hydrogens is 292 g/mol. The number of hydrogen-bond acceptors (Lipinski definition) is 5. The molecule has 2 rings (SSSR count). The predicted octanol–water partition coefficient (Wildman–Crippen LogP) is 1.85. The summed E-state index contributed by atoms with van der Waals surface area (Å²) in [6.45, 7) is 9.15. The van der Waals surface area contributed by atoms with E-state index in [4.69, 9.17) is 0 Å². The minimum Gasteiger partial charge on any atom is -0.367 e. The number of hydrogen-bond donors (Lipinski definition) is 2. The van der Waals surface area contributed by atoms with E-state index in [1.54, 1.807) is 4.68 Å². The Morgan fingerprint density at radius 2 is 2.00 bits per heavy atom. The molecule has 0 unspecified atom stereocenters. The molecule has 1 amide bonds. The fourth-order valence-corrected chi connectivity index (χ4v) is 2.23. The Morgan fingerprint density at radius 3 is 2.57 bits per heavy atom.